The number of anilines is 1. The van der Waals surface area contributed by atoms with E-state index in [1.807, 2.05) is 0 Å². The minimum Gasteiger partial charge on any atom is -0.350 e. The lowest BCUT2D eigenvalue weighted by Gasteiger charge is -2.37. The highest BCUT2D eigenvalue weighted by molar-refractivity contribution is 6.31. The van der Waals surface area contributed by atoms with Gasteiger partial charge in [-0.15, -0.1) is 5.10 Å². The summed E-state index contributed by atoms with van der Waals surface area (Å²) in [6.45, 7) is 5.12. The SMILES string of the molecule is Cc1nc(C)n(-c2ncc(F)c(N3CCN(C(=O)N4N=CCC4c4ncccc4Cl)CC3)n2)n1. The fraction of sp³-hybridized carbons (Fsp3) is 0.381. The van der Waals surface area contributed by atoms with Crippen molar-refractivity contribution in [2.45, 2.75) is 26.3 Å². The molecule has 1 fully saturated rings. The van der Waals surface area contributed by atoms with Gasteiger partial charge in [0.2, 0.25) is 0 Å². The second kappa shape index (κ2) is 8.93. The van der Waals surface area contributed by atoms with E-state index in [1.54, 1.807) is 48.2 Å². The van der Waals surface area contributed by atoms with E-state index in [1.165, 1.54) is 9.69 Å². The molecule has 2 amide bonds. The average molecular weight is 485 g/mol. The van der Waals surface area contributed by atoms with Crippen LogP contribution in [-0.2, 0) is 0 Å². The van der Waals surface area contributed by atoms with Gasteiger partial charge in [0.15, 0.2) is 11.6 Å². The van der Waals surface area contributed by atoms with E-state index < -0.39 is 5.82 Å². The van der Waals surface area contributed by atoms with Crippen LogP contribution in [-0.4, -0.2) is 78.0 Å². The molecule has 0 saturated carbocycles. The number of carbonyl (C=O) groups is 1. The van der Waals surface area contributed by atoms with Gasteiger partial charge in [0.1, 0.15) is 17.7 Å². The molecule has 3 aromatic rings. The molecule has 2 aliphatic heterocycles. The van der Waals surface area contributed by atoms with Crippen molar-refractivity contribution in [1.29, 1.82) is 0 Å². The first-order chi connectivity index (χ1) is 16.4. The third-order valence-electron chi connectivity index (χ3n) is 5.76. The van der Waals surface area contributed by atoms with E-state index in [4.69, 9.17) is 11.6 Å². The Morgan fingerprint density at radius 3 is 2.65 bits per heavy atom. The molecular weight excluding hydrogens is 463 g/mol. The number of halogens is 2. The largest absolute Gasteiger partial charge is 0.350 e. The van der Waals surface area contributed by atoms with E-state index >= 15 is 0 Å². The van der Waals surface area contributed by atoms with Crippen LogP contribution in [0.15, 0.2) is 29.6 Å². The number of pyridine rings is 1. The Bertz CT molecular complexity index is 1260. The van der Waals surface area contributed by atoms with Gasteiger partial charge in [-0.1, -0.05) is 11.6 Å². The van der Waals surface area contributed by atoms with E-state index in [0.29, 0.717) is 55.0 Å². The third-order valence-corrected chi connectivity index (χ3v) is 6.08. The van der Waals surface area contributed by atoms with Crippen molar-refractivity contribution in [2.24, 2.45) is 5.10 Å². The number of aryl methyl sites for hydroxylation is 2. The highest BCUT2D eigenvalue weighted by atomic mass is 35.5. The minimum atomic E-state index is -0.535. The van der Waals surface area contributed by atoms with Crippen LogP contribution in [0, 0.1) is 19.7 Å². The number of hydrazone groups is 1. The normalized spacial score (nSPS) is 18.1. The highest BCUT2D eigenvalue weighted by Gasteiger charge is 2.35. The zero-order valence-corrected chi connectivity index (χ0v) is 19.4. The Morgan fingerprint density at radius 1 is 1.15 bits per heavy atom. The predicted octanol–water partition coefficient (Wildman–Crippen LogP) is 2.54. The van der Waals surface area contributed by atoms with Crippen LogP contribution in [0.5, 0.6) is 0 Å². The Kier molecular flexibility index (Phi) is 5.82. The van der Waals surface area contributed by atoms with Gasteiger partial charge in [0.25, 0.3) is 5.95 Å². The second-order valence-electron chi connectivity index (χ2n) is 7.98. The number of carbonyl (C=O) groups excluding carboxylic acids is 1. The quantitative estimate of drug-likeness (QED) is 0.562. The summed E-state index contributed by atoms with van der Waals surface area (Å²) < 4.78 is 16.1. The Hall–Kier alpha value is -3.67. The van der Waals surface area contributed by atoms with E-state index in [9.17, 15) is 9.18 Å². The fourth-order valence-corrected chi connectivity index (χ4v) is 4.35. The Labute approximate surface area is 199 Å². The van der Waals surface area contributed by atoms with Gasteiger partial charge in [-0.2, -0.15) is 14.8 Å². The van der Waals surface area contributed by atoms with Crippen molar-refractivity contribution in [1.82, 2.24) is 39.6 Å². The number of rotatable bonds is 3. The van der Waals surface area contributed by atoms with Crippen LogP contribution >= 0.6 is 11.6 Å². The van der Waals surface area contributed by atoms with Gasteiger partial charge in [-0.05, 0) is 26.0 Å². The van der Waals surface area contributed by atoms with Crippen LogP contribution < -0.4 is 4.90 Å². The lowest BCUT2D eigenvalue weighted by atomic mass is 10.1. The van der Waals surface area contributed by atoms with Crippen molar-refractivity contribution in [3.63, 3.8) is 0 Å². The minimum absolute atomic E-state index is 0.169. The van der Waals surface area contributed by atoms with E-state index in [0.717, 1.165) is 6.20 Å². The maximum atomic E-state index is 14.6. The molecule has 0 aliphatic carbocycles. The number of amides is 2. The number of urea groups is 1. The number of hydrogen-bond donors (Lipinski definition) is 0. The molecular formula is C21H22ClFN10O. The summed E-state index contributed by atoms with van der Waals surface area (Å²) in [7, 11) is 0. The first kappa shape index (κ1) is 22.1. The highest BCUT2D eigenvalue weighted by Crippen LogP contribution is 2.32. The summed E-state index contributed by atoms with van der Waals surface area (Å²) in [5.41, 5.74) is 0.614. The molecule has 5 heterocycles. The fourth-order valence-electron chi connectivity index (χ4n) is 4.11. The van der Waals surface area contributed by atoms with Crippen LogP contribution in [0.25, 0.3) is 5.95 Å². The van der Waals surface area contributed by atoms with Crippen LogP contribution in [0.1, 0.15) is 29.8 Å². The lowest BCUT2D eigenvalue weighted by molar-refractivity contribution is 0.138. The molecule has 13 heteroatoms. The molecule has 34 heavy (non-hydrogen) atoms. The van der Waals surface area contributed by atoms with Gasteiger partial charge < -0.3 is 9.80 Å². The predicted molar refractivity (Wildman–Crippen MR) is 122 cm³/mol. The van der Waals surface area contributed by atoms with Gasteiger partial charge in [0.05, 0.1) is 16.9 Å². The zero-order chi connectivity index (χ0) is 23.8. The lowest BCUT2D eigenvalue weighted by Crippen LogP contribution is -2.52. The average Bonchev–Trinajstić information content (AvgIpc) is 3.45. The van der Waals surface area contributed by atoms with Gasteiger partial charge in [-0.3, -0.25) is 4.98 Å². The number of hydrogen-bond acceptors (Lipinski definition) is 8. The second-order valence-corrected chi connectivity index (χ2v) is 8.39. The van der Waals surface area contributed by atoms with Crippen LogP contribution in [0.2, 0.25) is 5.02 Å². The Balaban J connectivity index is 1.29. The molecule has 0 radical (unpaired) electrons. The molecule has 0 spiro atoms. The zero-order valence-electron chi connectivity index (χ0n) is 18.6. The molecule has 0 aromatic carbocycles. The topological polar surface area (TPSA) is 109 Å². The van der Waals surface area contributed by atoms with Gasteiger partial charge in [0, 0.05) is 45.0 Å². The molecule has 2 aliphatic rings. The van der Waals surface area contributed by atoms with Crippen LogP contribution in [0.3, 0.4) is 0 Å². The summed E-state index contributed by atoms with van der Waals surface area (Å²) in [5.74, 6) is 1.07. The van der Waals surface area contributed by atoms with Gasteiger partial charge >= 0.3 is 6.03 Å². The van der Waals surface area contributed by atoms with Gasteiger partial charge in [-0.25, -0.2) is 24.2 Å². The van der Waals surface area contributed by atoms with Crippen molar-refractivity contribution >= 4 is 29.7 Å². The molecule has 5 rings (SSSR count). The molecule has 0 N–H and O–H groups in total. The molecule has 1 saturated heterocycles. The maximum Gasteiger partial charge on any atom is 0.341 e. The summed E-state index contributed by atoms with van der Waals surface area (Å²) in [5, 5.41) is 10.4. The number of piperazine rings is 1. The molecule has 1 atom stereocenters. The van der Waals surface area contributed by atoms with Crippen molar-refractivity contribution in [3.8, 4) is 5.95 Å². The third kappa shape index (κ3) is 4.04. The monoisotopic (exact) mass is 484 g/mol. The molecule has 0 bridgehead atoms. The summed E-state index contributed by atoms with van der Waals surface area (Å²) in [4.78, 5) is 33.7. The summed E-state index contributed by atoms with van der Waals surface area (Å²) in [6, 6.07) is 2.90. The van der Waals surface area contributed by atoms with Crippen molar-refractivity contribution in [3.05, 3.63) is 52.7 Å². The smallest absolute Gasteiger partial charge is 0.341 e. The first-order valence-corrected chi connectivity index (χ1v) is 11.2. The standard InChI is InChI=1S/C21H22ClFN10O/c1-13-27-14(2)32(29-13)20-25-12-16(23)19(28-20)30-8-10-31(11-9-30)21(34)33-17(5-7-26-33)18-15(22)4-3-6-24-18/h3-4,6-7,12,17H,5,8-11H2,1-2H3. The summed E-state index contributed by atoms with van der Waals surface area (Å²) in [6.07, 6.45) is 5.01. The maximum absolute atomic E-state index is 14.6. The molecule has 11 nitrogen and oxygen atoms in total. The van der Waals surface area contributed by atoms with E-state index in [-0.39, 0.29) is 23.8 Å². The van der Waals surface area contributed by atoms with Crippen molar-refractivity contribution < 1.29 is 9.18 Å². The molecule has 176 valence electrons. The van der Waals surface area contributed by atoms with Crippen molar-refractivity contribution in [2.75, 3.05) is 31.1 Å². The number of nitrogens with zero attached hydrogens (tertiary/aromatic N) is 10. The molecule has 1 unspecified atom stereocenters. The first-order valence-electron chi connectivity index (χ1n) is 10.8. The Morgan fingerprint density at radius 2 is 1.94 bits per heavy atom. The van der Waals surface area contributed by atoms with Crippen LogP contribution in [0.4, 0.5) is 15.0 Å². The summed E-state index contributed by atoms with van der Waals surface area (Å²) >= 11 is 6.30. The number of aromatic nitrogens is 6. The molecule has 3 aromatic heterocycles. The van der Waals surface area contributed by atoms with E-state index in [2.05, 4.69) is 30.1 Å².